The van der Waals surface area contributed by atoms with E-state index >= 15 is 0 Å². The van der Waals surface area contributed by atoms with Crippen LogP contribution in [0.1, 0.15) is 27.2 Å². The summed E-state index contributed by atoms with van der Waals surface area (Å²) in [6, 6.07) is 0. The standard InChI is InChI=1S/C28H55NO15/c1-28(2,3)44-27(32)29-43-25-24-42-23-22-41-21-20-40-19-18-39-17-16-38-15-14-37-13-12-36-11-10-35-9-8-34-7-6-33-5-4-26(30)31/h4-25H2,1-3H3,(H,29,32)(H,30,31). The summed E-state index contributed by atoms with van der Waals surface area (Å²) in [4.78, 5) is 26.6. The third-order valence-corrected chi connectivity index (χ3v) is 4.69. The van der Waals surface area contributed by atoms with Crippen molar-refractivity contribution < 1.29 is 71.6 Å². The van der Waals surface area contributed by atoms with Crippen LogP contribution in [0.3, 0.4) is 0 Å². The highest BCUT2D eigenvalue weighted by molar-refractivity contribution is 5.66. The van der Waals surface area contributed by atoms with Gasteiger partial charge < -0.3 is 57.2 Å². The second kappa shape index (κ2) is 32.7. The molecule has 0 aromatic rings. The summed E-state index contributed by atoms with van der Waals surface area (Å²) in [6.45, 7) is 14.1. The fraction of sp³-hybridized carbons (Fsp3) is 0.929. The molecule has 16 heteroatoms. The van der Waals surface area contributed by atoms with Crippen LogP contribution in [0, 0.1) is 0 Å². The Morgan fingerprint density at radius 1 is 0.455 bits per heavy atom. The summed E-state index contributed by atoms with van der Waals surface area (Å²) >= 11 is 0. The van der Waals surface area contributed by atoms with Crippen molar-refractivity contribution in [1.29, 1.82) is 0 Å². The molecule has 0 atom stereocenters. The number of carbonyl (C=O) groups is 2. The van der Waals surface area contributed by atoms with Crippen LogP contribution in [0.5, 0.6) is 0 Å². The Bertz CT molecular complexity index is 637. The van der Waals surface area contributed by atoms with E-state index in [2.05, 4.69) is 5.48 Å². The minimum absolute atomic E-state index is 0.00665. The second-order valence-electron chi connectivity index (χ2n) is 9.72. The van der Waals surface area contributed by atoms with Crippen LogP contribution in [0.15, 0.2) is 0 Å². The van der Waals surface area contributed by atoms with Crippen molar-refractivity contribution in [1.82, 2.24) is 5.48 Å². The van der Waals surface area contributed by atoms with E-state index in [1.54, 1.807) is 20.8 Å². The molecule has 0 radical (unpaired) electrons. The summed E-state index contributed by atoms with van der Waals surface area (Å²) < 4.78 is 58.7. The second-order valence-corrected chi connectivity index (χ2v) is 9.72. The number of aliphatic carboxylic acids is 1. The van der Waals surface area contributed by atoms with Crippen molar-refractivity contribution in [3.63, 3.8) is 0 Å². The van der Waals surface area contributed by atoms with Crippen LogP contribution in [-0.2, 0) is 61.7 Å². The first kappa shape index (κ1) is 42.3. The van der Waals surface area contributed by atoms with Crippen LogP contribution in [0.25, 0.3) is 0 Å². The van der Waals surface area contributed by atoms with Gasteiger partial charge in [-0.25, -0.2) is 4.79 Å². The molecule has 262 valence electrons. The molecule has 0 bridgehead atoms. The molecule has 0 unspecified atom stereocenters. The third-order valence-electron chi connectivity index (χ3n) is 4.69. The maximum atomic E-state index is 11.4. The van der Waals surface area contributed by atoms with Crippen LogP contribution in [-0.4, -0.2) is 162 Å². The zero-order valence-electron chi connectivity index (χ0n) is 26.7. The lowest BCUT2D eigenvalue weighted by Crippen LogP contribution is -2.33. The summed E-state index contributed by atoms with van der Waals surface area (Å²) in [7, 11) is 0. The number of hydroxylamine groups is 1. The molecule has 0 aliphatic heterocycles. The molecule has 1 amide bonds. The Kier molecular flexibility index (Phi) is 31.4. The molecular formula is C28H55NO15. The van der Waals surface area contributed by atoms with Gasteiger partial charge in [-0.1, -0.05) is 0 Å². The predicted octanol–water partition coefficient (Wildman–Crippen LogP) is 1.08. The molecule has 0 rings (SSSR count). The van der Waals surface area contributed by atoms with Gasteiger partial charge in [-0.2, -0.15) is 5.48 Å². The smallest absolute Gasteiger partial charge is 0.431 e. The zero-order chi connectivity index (χ0) is 32.4. The molecule has 16 nitrogen and oxygen atoms in total. The number of carboxylic acids is 1. The van der Waals surface area contributed by atoms with Crippen LogP contribution >= 0.6 is 0 Å². The van der Waals surface area contributed by atoms with Crippen LogP contribution < -0.4 is 5.48 Å². The molecule has 44 heavy (non-hydrogen) atoms. The lowest BCUT2D eigenvalue weighted by molar-refractivity contribution is -0.138. The van der Waals surface area contributed by atoms with E-state index in [1.165, 1.54) is 0 Å². The number of amides is 1. The number of carboxylic acid groups (broad SMARTS) is 1. The first-order chi connectivity index (χ1) is 21.3. The van der Waals surface area contributed by atoms with E-state index in [0.717, 1.165) is 0 Å². The molecular weight excluding hydrogens is 590 g/mol. The largest absolute Gasteiger partial charge is 0.481 e. The maximum absolute atomic E-state index is 11.4. The highest BCUT2D eigenvalue weighted by atomic mass is 16.7. The molecule has 0 saturated carbocycles. The van der Waals surface area contributed by atoms with Gasteiger partial charge >= 0.3 is 12.1 Å². The van der Waals surface area contributed by atoms with Crippen molar-refractivity contribution >= 4 is 12.1 Å². The van der Waals surface area contributed by atoms with Gasteiger partial charge in [-0.3, -0.25) is 9.63 Å². The molecule has 0 aliphatic rings. The van der Waals surface area contributed by atoms with Crippen molar-refractivity contribution in [2.45, 2.75) is 32.8 Å². The van der Waals surface area contributed by atoms with Crippen molar-refractivity contribution in [2.24, 2.45) is 0 Å². The molecule has 0 aromatic carbocycles. The van der Waals surface area contributed by atoms with E-state index in [4.69, 9.17) is 62.0 Å². The lowest BCUT2D eigenvalue weighted by Gasteiger charge is -2.19. The van der Waals surface area contributed by atoms with Crippen LogP contribution in [0.4, 0.5) is 4.79 Å². The van der Waals surface area contributed by atoms with Crippen molar-refractivity contribution in [3.8, 4) is 0 Å². The molecule has 0 spiro atoms. The van der Waals surface area contributed by atoms with Gasteiger partial charge in [0.2, 0.25) is 0 Å². The quantitative estimate of drug-likeness (QED) is 0.0750. The summed E-state index contributed by atoms with van der Waals surface area (Å²) in [6.07, 6.45) is -0.648. The normalized spacial score (nSPS) is 11.6. The maximum Gasteiger partial charge on any atom is 0.431 e. The van der Waals surface area contributed by atoms with E-state index in [1.807, 2.05) is 0 Å². The first-order valence-corrected chi connectivity index (χ1v) is 14.9. The van der Waals surface area contributed by atoms with Gasteiger partial charge in [0.15, 0.2) is 0 Å². The number of nitrogens with one attached hydrogen (secondary N) is 1. The monoisotopic (exact) mass is 645 g/mol. The molecule has 0 heterocycles. The lowest BCUT2D eigenvalue weighted by atomic mass is 10.2. The number of hydrogen-bond donors (Lipinski definition) is 2. The molecule has 0 aromatic heterocycles. The van der Waals surface area contributed by atoms with Gasteiger partial charge in [0, 0.05) is 0 Å². The summed E-state index contributed by atoms with van der Waals surface area (Å²) in [5.41, 5.74) is 1.61. The van der Waals surface area contributed by atoms with Gasteiger partial charge in [-0.15, -0.1) is 0 Å². The van der Waals surface area contributed by atoms with Gasteiger partial charge in [0.25, 0.3) is 0 Å². The Hall–Kier alpha value is -1.70. The van der Waals surface area contributed by atoms with Crippen molar-refractivity contribution in [3.05, 3.63) is 0 Å². The summed E-state index contributed by atoms with van der Waals surface area (Å²) in [5, 5.41) is 8.48. The van der Waals surface area contributed by atoms with E-state index in [-0.39, 0.29) is 19.6 Å². The molecule has 0 aliphatic carbocycles. The Labute approximate surface area is 261 Å². The number of hydrogen-bond acceptors (Lipinski definition) is 14. The number of ether oxygens (including phenoxy) is 11. The zero-order valence-corrected chi connectivity index (χ0v) is 26.7. The number of carbonyl (C=O) groups excluding carboxylic acids is 1. The third kappa shape index (κ3) is 38.3. The first-order valence-electron chi connectivity index (χ1n) is 14.9. The van der Waals surface area contributed by atoms with Crippen molar-refractivity contribution in [2.75, 3.05) is 139 Å². The van der Waals surface area contributed by atoms with E-state index in [9.17, 15) is 9.59 Å². The van der Waals surface area contributed by atoms with E-state index < -0.39 is 17.7 Å². The van der Waals surface area contributed by atoms with E-state index in [0.29, 0.717) is 126 Å². The van der Waals surface area contributed by atoms with Gasteiger partial charge in [0.1, 0.15) is 5.60 Å². The Balaban J connectivity index is 3.10. The average Bonchev–Trinajstić information content (AvgIpc) is 2.96. The molecule has 2 N–H and O–H groups in total. The molecule has 0 fully saturated rings. The van der Waals surface area contributed by atoms with Gasteiger partial charge in [-0.05, 0) is 20.8 Å². The fourth-order valence-corrected chi connectivity index (χ4v) is 2.75. The average molecular weight is 646 g/mol. The highest BCUT2D eigenvalue weighted by Gasteiger charge is 2.15. The number of rotatable bonds is 34. The van der Waals surface area contributed by atoms with Gasteiger partial charge in [0.05, 0.1) is 145 Å². The minimum atomic E-state index is -0.878. The minimum Gasteiger partial charge on any atom is -0.481 e. The predicted molar refractivity (Wildman–Crippen MR) is 156 cm³/mol. The Morgan fingerprint density at radius 3 is 0.955 bits per heavy atom. The highest BCUT2D eigenvalue weighted by Crippen LogP contribution is 2.06. The fourth-order valence-electron chi connectivity index (χ4n) is 2.75. The topological polar surface area (TPSA) is 177 Å². The SMILES string of the molecule is CC(C)(C)OC(=O)NOCCOCCOCCOCCOCCOCCOCCOCCOCCOCCOCCC(=O)O. The summed E-state index contributed by atoms with van der Waals surface area (Å²) in [5.74, 6) is -0.878. The molecule has 0 saturated heterocycles. The Morgan fingerprint density at radius 2 is 0.705 bits per heavy atom. The van der Waals surface area contributed by atoms with Crippen LogP contribution in [0.2, 0.25) is 0 Å².